The third-order valence-corrected chi connectivity index (χ3v) is 6.74. The van der Waals surface area contributed by atoms with Crippen molar-refractivity contribution < 1.29 is 23.9 Å². The monoisotopic (exact) mass is 556 g/mol. The van der Waals surface area contributed by atoms with Gasteiger partial charge in [-0.1, -0.05) is 60.5 Å². The highest BCUT2D eigenvalue weighted by atomic mass is 35.5. The Morgan fingerprint density at radius 1 is 1.13 bits per heavy atom. The van der Waals surface area contributed by atoms with Gasteiger partial charge in [0.15, 0.2) is 0 Å². The van der Waals surface area contributed by atoms with Gasteiger partial charge in [0.1, 0.15) is 17.7 Å². The summed E-state index contributed by atoms with van der Waals surface area (Å²) in [6.45, 7) is 10.7. The Hall–Kier alpha value is -3.59. The van der Waals surface area contributed by atoms with E-state index >= 15 is 0 Å². The van der Waals surface area contributed by atoms with E-state index in [0.29, 0.717) is 22.7 Å². The van der Waals surface area contributed by atoms with Crippen molar-refractivity contribution >= 4 is 41.1 Å². The molecule has 0 aromatic heterocycles. The van der Waals surface area contributed by atoms with Crippen LogP contribution in [0.25, 0.3) is 0 Å². The molecule has 210 valence electrons. The number of halogens is 1. The smallest absolute Gasteiger partial charge is 0.408 e. The van der Waals surface area contributed by atoms with Gasteiger partial charge in [-0.05, 0) is 64.2 Å². The summed E-state index contributed by atoms with van der Waals surface area (Å²) in [5.74, 6) is -1.76. The Balaban J connectivity index is 2.06. The number of amides is 4. The number of hydrogen-bond acceptors (Lipinski definition) is 5. The average Bonchev–Trinajstić information content (AvgIpc) is 3.53. The summed E-state index contributed by atoms with van der Waals surface area (Å²) in [5.41, 5.74) is 7.32. The lowest BCUT2D eigenvalue weighted by molar-refractivity contribution is -0.142. The largest absolute Gasteiger partial charge is 0.444 e. The molecular weight excluding hydrogens is 520 g/mol. The summed E-state index contributed by atoms with van der Waals surface area (Å²) in [6.07, 6.45) is -0.668. The van der Waals surface area contributed by atoms with Gasteiger partial charge in [-0.2, -0.15) is 0 Å². The average molecular weight is 557 g/mol. The Labute approximate surface area is 234 Å². The van der Waals surface area contributed by atoms with Crippen molar-refractivity contribution in [1.29, 1.82) is 0 Å². The molecule has 0 saturated heterocycles. The lowest BCUT2D eigenvalue weighted by atomic mass is 9.99. The van der Waals surface area contributed by atoms with Gasteiger partial charge in [0, 0.05) is 6.04 Å². The van der Waals surface area contributed by atoms with E-state index < -0.39 is 47.9 Å². The van der Waals surface area contributed by atoms with Crippen LogP contribution in [0.3, 0.4) is 0 Å². The van der Waals surface area contributed by atoms with Crippen molar-refractivity contribution in [2.75, 3.05) is 5.32 Å². The molecule has 39 heavy (non-hydrogen) atoms. The molecule has 0 heterocycles. The Bertz CT molecular complexity index is 1240. The third kappa shape index (κ3) is 7.95. The molecule has 4 N–H and O–H groups in total. The number of benzene rings is 2. The zero-order chi connectivity index (χ0) is 29.1. The number of carbonyl (C=O) groups is 4. The molecule has 10 heteroatoms. The van der Waals surface area contributed by atoms with Crippen LogP contribution in [0.15, 0.2) is 42.5 Å². The van der Waals surface area contributed by atoms with Crippen LogP contribution >= 0.6 is 11.6 Å². The van der Waals surface area contributed by atoms with Crippen LogP contribution in [-0.2, 0) is 19.1 Å². The van der Waals surface area contributed by atoms with E-state index in [1.54, 1.807) is 39.0 Å². The van der Waals surface area contributed by atoms with E-state index in [9.17, 15) is 19.2 Å². The van der Waals surface area contributed by atoms with Crippen LogP contribution in [-0.4, -0.2) is 46.4 Å². The highest BCUT2D eigenvalue weighted by Crippen LogP contribution is 2.41. The van der Waals surface area contributed by atoms with Crippen molar-refractivity contribution in [1.82, 2.24) is 10.2 Å². The second kappa shape index (κ2) is 12.1. The second-order valence-corrected chi connectivity index (χ2v) is 11.5. The first-order chi connectivity index (χ1) is 18.2. The summed E-state index contributed by atoms with van der Waals surface area (Å²) in [5, 5.41) is 5.78. The number of anilines is 1. The fourth-order valence-corrected chi connectivity index (χ4v) is 4.73. The van der Waals surface area contributed by atoms with Crippen molar-refractivity contribution in [2.24, 2.45) is 11.7 Å². The highest BCUT2D eigenvalue weighted by molar-refractivity contribution is 6.34. The SMILES string of the molecule is Cc1cccc(C(C(=O)Nc2c(C)cccc2Cl)N(C(=O)C(CC(N)=O)NC(=O)OC(C)(C)C)C2CC2C)c1. The number of nitrogens with zero attached hydrogens (tertiary/aromatic N) is 1. The molecule has 1 fully saturated rings. The zero-order valence-electron chi connectivity index (χ0n) is 23.2. The minimum absolute atomic E-state index is 0.104. The summed E-state index contributed by atoms with van der Waals surface area (Å²) in [7, 11) is 0. The van der Waals surface area contributed by atoms with Crippen LogP contribution in [0, 0.1) is 19.8 Å². The maximum atomic E-state index is 14.1. The number of alkyl carbamates (subject to hydrolysis) is 1. The number of para-hydroxylation sites is 1. The van der Waals surface area contributed by atoms with E-state index in [0.717, 1.165) is 11.1 Å². The van der Waals surface area contributed by atoms with E-state index in [-0.39, 0.29) is 12.0 Å². The molecule has 0 radical (unpaired) electrons. The van der Waals surface area contributed by atoms with E-state index in [2.05, 4.69) is 10.6 Å². The van der Waals surface area contributed by atoms with Crippen molar-refractivity contribution in [2.45, 2.75) is 78.1 Å². The predicted molar refractivity (Wildman–Crippen MR) is 150 cm³/mol. The molecule has 4 amide bonds. The Morgan fingerprint density at radius 3 is 2.31 bits per heavy atom. The first-order valence-corrected chi connectivity index (χ1v) is 13.3. The molecule has 2 aromatic rings. The maximum absolute atomic E-state index is 14.1. The van der Waals surface area contributed by atoms with Gasteiger partial charge in [0.25, 0.3) is 5.91 Å². The number of nitrogens with one attached hydrogen (secondary N) is 2. The molecule has 2 aromatic carbocycles. The molecule has 0 spiro atoms. The predicted octanol–water partition coefficient (Wildman–Crippen LogP) is 4.64. The Kier molecular flexibility index (Phi) is 9.27. The van der Waals surface area contributed by atoms with E-state index in [1.165, 1.54) is 4.90 Å². The van der Waals surface area contributed by atoms with Crippen LogP contribution in [0.5, 0.6) is 0 Å². The van der Waals surface area contributed by atoms with Crippen LogP contribution < -0.4 is 16.4 Å². The number of carbonyl (C=O) groups excluding carboxylic acids is 4. The summed E-state index contributed by atoms with van der Waals surface area (Å²) < 4.78 is 5.32. The lowest BCUT2D eigenvalue weighted by Crippen LogP contribution is -2.54. The van der Waals surface area contributed by atoms with Crippen LogP contribution in [0.4, 0.5) is 10.5 Å². The number of aryl methyl sites for hydroxylation is 2. The number of ether oxygens (including phenoxy) is 1. The second-order valence-electron chi connectivity index (χ2n) is 11.1. The number of nitrogens with two attached hydrogens (primary N) is 1. The molecule has 4 atom stereocenters. The normalized spacial score (nSPS) is 17.9. The maximum Gasteiger partial charge on any atom is 0.408 e. The third-order valence-electron chi connectivity index (χ3n) is 6.43. The van der Waals surface area contributed by atoms with E-state index in [1.807, 2.05) is 45.0 Å². The minimum Gasteiger partial charge on any atom is -0.444 e. The summed E-state index contributed by atoms with van der Waals surface area (Å²) in [4.78, 5) is 54.2. The van der Waals surface area contributed by atoms with Gasteiger partial charge in [0.2, 0.25) is 11.8 Å². The first-order valence-electron chi connectivity index (χ1n) is 12.9. The number of rotatable bonds is 9. The van der Waals surface area contributed by atoms with Gasteiger partial charge < -0.3 is 26.0 Å². The molecule has 9 nitrogen and oxygen atoms in total. The molecule has 1 saturated carbocycles. The van der Waals surface area contributed by atoms with Gasteiger partial charge in [-0.3, -0.25) is 14.4 Å². The number of primary amides is 1. The Morgan fingerprint density at radius 2 is 1.77 bits per heavy atom. The van der Waals surface area contributed by atoms with Gasteiger partial charge in [-0.25, -0.2) is 4.79 Å². The molecule has 1 aliphatic rings. The fourth-order valence-electron chi connectivity index (χ4n) is 4.46. The fraction of sp³-hybridized carbons (Fsp3) is 0.448. The van der Waals surface area contributed by atoms with Gasteiger partial charge >= 0.3 is 6.09 Å². The summed E-state index contributed by atoms with van der Waals surface area (Å²) in [6, 6.07) is 9.89. The molecule has 0 aliphatic heterocycles. The van der Waals surface area contributed by atoms with Crippen LogP contribution in [0.2, 0.25) is 5.02 Å². The minimum atomic E-state index is -1.33. The van der Waals surface area contributed by atoms with Gasteiger partial charge in [-0.15, -0.1) is 0 Å². The quantitative estimate of drug-likeness (QED) is 0.414. The number of hydrogen-bond donors (Lipinski definition) is 3. The lowest BCUT2D eigenvalue weighted by Gasteiger charge is -2.35. The molecule has 4 unspecified atom stereocenters. The van der Waals surface area contributed by atoms with Crippen molar-refractivity contribution in [3.8, 4) is 0 Å². The highest BCUT2D eigenvalue weighted by Gasteiger charge is 2.48. The van der Waals surface area contributed by atoms with Gasteiger partial charge in [0.05, 0.1) is 17.1 Å². The van der Waals surface area contributed by atoms with Crippen LogP contribution in [0.1, 0.15) is 63.3 Å². The summed E-state index contributed by atoms with van der Waals surface area (Å²) >= 11 is 6.40. The first kappa shape index (κ1) is 30.0. The zero-order valence-corrected chi connectivity index (χ0v) is 24.0. The molecular formula is C29H37ClN4O5. The molecule has 3 rings (SSSR count). The molecule has 1 aliphatic carbocycles. The van der Waals surface area contributed by atoms with E-state index in [4.69, 9.17) is 22.1 Å². The topological polar surface area (TPSA) is 131 Å². The molecule has 0 bridgehead atoms. The van der Waals surface area contributed by atoms with Crippen molar-refractivity contribution in [3.05, 3.63) is 64.2 Å². The van der Waals surface area contributed by atoms with Crippen molar-refractivity contribution in [3.63, 3.8) is 0 Å². The standard InChI is InChI=1S/C29H37ClN4O5/c1-16-9-7-11-19(13-16)25(26(36)33-24-17(2)10-8-12-20(24)30)34(22-14-18(22)3)27(37)21(15-23(31)35)32-28(38)39-29(4,5)6/h7-13,18,21-22,25H,14-15H2,1-6H3,(H2,31,35)(H,32,38)(H,33,36).